The predicted octanol–water partition coefficient (Wildman–Crippen LogP) is 2.11. The van der Waals surface area contributed by atoms with Crippen molar-refractivity contribution in [1.82, 2.24) is 10.0 Å². The minimum Gasteiger partial charge on any atom is -0.497 e. The summed E-state index contributed by atoms with van der Waals surface area (Å²) >= 11 is 0. The summed E-state index contributed by atoms with van der Waals surface area (Å²) in [5.41, 5.74) is 1.45. The van der Waals surface area contributed by atoms with E-state index >= 15 is 0 Å². The van der Waals surface area contributed by atoms with Crippen LogP contribution in [0, 0.1) is 0 Å². The van der Waals surface area contributed by atoms with Crippen molar-refractivity contribution < 1.29 is 17.9 Å². The molecule has 2 aromatic rings. The van der Waals surface area contributed by atoms with Gasteiger partial charge in [0, 0.05) is 18.2 Å². The molecule has 0 atom stereocenters. The highest BCUT2D eigenvalue weighted by molar-refractivity contribution is 7.89. The van der Waals surface area contributed by atoms with E-state index in [2.05, 4.69) is 10.0 Å². The Kier molecular flexibility index (Phi) is 5.58. The van der Waals surface area contributed by atoms with Gasteiger partial charge in [-0.25, -0.2) is 13.1 Å². The van der Waals surface area contributed by atoms with Crippen molar-refractivity contribution in [1.29, 1.82) is 0 Å². The molecular formula is C19H22N2O4S. The van der Waals surface area contributed by atoms with E-state index < -0.39 is 10.0 Å². The number of rotatable bonds is 8. The lowest BCUT2D eigenvalue weighted by atomic mass is 10.1. The number of methoxy groups -OCH3 is 1. The summed E-state index contributed by atoms with van der Waals surface area (Å²) in [7, 11) is -2.02. The zero-order valence-electron chi connectivity index (χ0n) is 14.6. The maximum atomic E-state index is 12.4. The Morgan fingerprint density at radius 3 is 2.54 bits per heavy atom. The molecule has 2 aromatic carbocycles. The maximum Gasteiger partial charge on any atom is 0.251 e. The minimum absolute atomic E-state index is 0.145. The molecule has 1 amide bonds. The lowest BCUT2D eigenvalue weighted by Gasteiger charge is -2.09. The molecule has 26 heavy (non-hydrogen) atoms. The first-order valence-corrected chi connectivity index (χ1v) is 10.00. The molecule has 2 N–H and O–H groups in total. The predicted molar refractivity (Wildman–Crippen MR) is 98.8 cm³/mol. The van der Waals surface area contributed by atoms with Gasteiger partial charge < -0.3 is 10.1 Å². The molecule has 1 saturated carbocycles. The van der Waals surface area contributed by atoms with Crippen LogP contribution in [0.3, 0.4) is 0 Å². The summed E-state index contributed by atoms with van der Waals surface area (Å²) in [6.45, 7) is 0.277. The molecular weight excluding hydrogens is 352 g/mol. The van der Waals surface area contributed by atoms with Crippen LogP contribution in [0.15, 0.2) is 53.4 Å². The monoisotopic (exact) mass is 374 g/mol. The van der Waals surface area contributed by atoms with E-state index in [1.54, 1.807) is 7.11 Å². The average molecular weight is 374 g/mol. The summed E-state index contributed by atoms with van der Waals surface area (Å²) in [5, 5.41) is 2.88. The number of amides is 1. The highest BCUT2D eigenvalue weighted by Gasteiger charge is 2.24. The molecule has 7 heteroatoms. The Morgan fingerprint density at radius 1 is 1.15 bits per heavy atom. The van der Waals surface area contributed by atoms with Crippen LogP contribution in [-0.4, -0.2) is 34.0 Å². The maximum absolute atomic E-state index is 12.4. The van der Waals surface area contributed by atoms with Gasteiger partial charge in [-0.15, -0.1) is 0 Å². The molecule has 138 valence electrons. The third-order valence-corrected chi connectivity index (χ3v) is 5.66. The van der Waals surface area contributed by atoms with Crippen molar-refractivity contribution in [3.05, 3.63) is 59.7 Å². The van der Waals surface area contributed by atoms with Crippen LogP contribution in [0.1, 0.15) is 28.8 Å². The van der Waals surface area contributed by atoms with Crippen molar-refractivity contribution in [2.75, 3.05) is 13.7 Å². The molecule has 6 nitrogen and oxygen atoms in total. The topological polar surface area (TPSA) is 84.5 Å². The highest BCUT2D eigenvalue weighted by atomic mass is 32.2. The summed E-state index contributed by atoms with van der Waals surface area (Å²) in [6, 6.07) is 13.8. The van der Waals surface area contributed by atoms with Crippen molar-refractivity contribution in [2.24, 2.45) is 0 Å². The third-order valence-electron chi connectivity index (χ3n) is 4.18. The molecule has 1 aliphatic rings. The van der Waals surface area contributed by atoms with Crippen molar-refractivity contribution in [3.63, 3.8) is 0 Å². The summed E-state index contributed by atoms with van der Waals surface area (Å²) < 4.78 is 32.5. The van der Waals surface area contributed by atoms with E-state index in [1.165, 1.54) is 24.3 Å². The molecule has 1 aliphatic carbocycles. The highest BCUT2D eigenvalue weighted by Crippen LogP contribution is 2.19. The summed E-state index contributed by atoms with van der Waals surface area (Å²) in [5.74, 6) is 0.577. The van der Waals surface area contributed by atoms with Gasteiger partial charge in [0.25, 0.3) is 5.91 Å². The zero-order valence-corrected chi connectivity index (χ0v) is 15.4. The molecule has 0 spiro atoms. The molecule has 0 unspecified atom stereocenters. The Hall–Kier alpha value is -2.38. The fourth-order valence-corrected chi connectivity index (χ4v) is 3.55. The second kappa shape index (κ2) is 7.88. The molecule has 0 bridgehead atoms. The first kappa shape index (κ1) is 18.4. The smallest absolute Gasteiger partial charge is 0.251 e. The number of carbonyl (C=O) groups excluding carboxylic acids is 1. The summed E-state index contributed by atoms with van der Waals surface area (Å²) in [6.07, 6.45) is 2.57. The number of nitrogens with one attached hydrogen (secondary N) is 2. The van der Waals surface area contributed by atoms with E-state index in [-0.39, 0.29) is 23.4 Å². The van der Waals surface area contributed by atoms with E-state index in [1.807, 2.05) is 24.3 Å². The van der Waals surface area contributed by atoms with Crippen molar-refractivity contribution in [3.8, 4) is 5.75 Å². The van der Waals surface area contributed by atoms with Gasteiger partial charge in [0.05, 0.1) is 12.0 Å². The first-order valence-electron chi connectivity index (χ1n) is 8.51. The fraction of sp³-hybridized carbons (Fsp3) is 0.316. The lowest BCUT2D eigenvalue weighted by molar-refractivity contribution is 0.0951. The Morgan fingerprint density at radius 2 is 1.88 bits per heavy atom. The van der Waals surface area contributed by atoms with Gasteiger partial charge in [-0.2, -0.15) is 0 Å². The number of hydrogen-bond acceptors (Lipinski definition) is 4. The quantitative estimate of drug-likeness (QED) is 0.741. The van der Waals surface area contributed by atoms with E-state index in [0.29, 0.717) is 12.0 Å². The lowest BCUT2D eigenvalue weighted by Crippen LogP contribution is -2.27. The van der Waals surface area contributed by atoms with E-state index in [0.717, 1.165) is 24.2 Å². The molecule has 0 radical (unpaired) electrons. The van der Waals surface area contributed by atoms with E-state index in [9.17, 15) is 13.2 Å². The second-order valence-electron chi connectivity index (χ2n) is 6.27. The first-order chi connectivity index (χ1) is 12.5. The summed E-state index contributed by atoms with van der Waals surface area (Å²) in [4.78, 5) is 12.1. The van der Waals surface area contributed by atoms with Crippen LogP contribution in [0.5, 0.6) is 5.75 Å². The van der Waals surface area contributed by atoms with Gasteiger partial charge in [-0.1, -0.05) is 12.1 Å². The standard InChI is InChI=1S/C19H22N2O4S/c1-25-17-4-2-3-14(13-17)11-12-20-26(23,24)18-9-5-15(6-10-18)19(22)21-16-7-8-16/h2-6,9-10,13,16,20H,7-8,11-12H2,1H3,(H,21,22). The third kappa shape index (κ3) is 4.83. The Bertz CT molecular complexity index is 875. The van der Waals surface area contributed by atoms with Crippen LogP contribution in [-0.2, 0) is 16.4 Å². The zero-order chi connectivity index (χ0) is 18.6. The van der Waals surface area contributed by atoms with Crippen LogP contribution < -0.4 is 14.8 Å². The molecule has 0 aromatic heterocycles. The van der Waals surface area contributed by atoms with Gasteiger partial charge in [-0.3, -0.25) is 4.79 Å². The van der Waals surface area contributed by atoms with Gasteiger partial charge in [0.2, 0.25) is 10.0 Å². The average Bonchev–Trinajstić information content (AvgIpc) is 3.46. The molecule has 0 heterocycles. The SMILES string of the molecule is COc1cccc(CCNS(=O)(=O)c2ccc(C(=O)NC3CC3)cc2)c1. The van der Waals surface area contributed by atoms with Crippen LogP contribution in [0.4, 0.5) is 0 Å². The van der Waals surface area contributed by atoms with Gasteiger partial charge in [0.15, 0.2) is 0 Å². The fourth-order valence-electron chi connectivity index (χ4n) is 2.52. The number of carbonyl (C=O) groups is 1. The number of sulfonamides is 1. The minimum atomic E-state index is -3.61. The van der Waals surface area contributed by atoms with Crippen LogP contribution in [0.25, 0.3) is 0 Å². The number of hydrogen-bond donors (Lipinski definition) is 2. The van der Waals surface area contributed by atoms with Crippen molar-refractivity contribution in [2.45, 2.75) is 30.2 Å². The second-order valence-corrected chi connectivity index (χ2v) is 8.04. The van der Waals surface area contributed by atoms with Gasteiger partial charge in [-0.05, 0) is 61.2 Å². The molecule has 3 rings (SSSR count). The molecule has 0 saturated heterocycles. The molecule has 1 fully saturated rings. The molecule has 0 aliphatic heterocycles. The Balaban J connectivity index is 1.57. The van der Waals surface area contributed by atoms with E-state index in [4.69, 9.17) is 4.74 Å². The number of ether oxygens (including phenoxy) is 1. The van der Waals surface area contributed by atoms with Crippen LogP contribution >= 0.6 is 0 Å². The Labute approximate surface area is 153 Å². The van der Waals surface area contributed by atoms with Crippen molar-refractivity contribution >= 4 is 15.9 Å². The number of benzene rings is 2. The van der Waals surface area contributed by atoms with Gasteiger partial charge in [0.1, 0.15) is 5.75 Å². The normalized spacial score (nSPS) is 14.0. The van der Waals surface area contributed by atoms with Gasteiger partial charge >= 0.3 is 0 Å². The largest absolute Gasteiger partial charge is 0.497 e. The van der Waals surface area contributed by atoms with Crippen LogP contribution in [0.2, 0.25) is 0 Å².